The van der Waals surface area contributed by atoms with Gasteiger partial charge in [-0.1, -0.05) is 0 Å². The average molecular weight is 216 g/mol. The number of aliphatic hydroxyl groups excluding tert-OH is 2. The lowest BCUT2D eigenvalue weighted by atomic mass is 10.0. The number of aromatic nitrogens is 2. The maximum Gasteiger partial charge on any atom is 0.141 e. The van der Waals surface area contributed by atoms with E-state index >= 15 is 0 Å². The normalized spacial score (nSPS) is 14.7. The molecule has 0 aromatic carbocycles. The summed E-state index contributed by atoms with van der Waals surface area (Å²) in [6.45, 7) is 0. The molecule has 1 aromatic rings. The van der Waals surface area contributed by atoms with E-state index in [1.165, 1.54) is 6.20 Å². The van der Waals surface area contributed by atoms with Crippen LogP contribution in [0.15, 0.2) is 6.20 Å². The average Bonchev–Trinajstić information content (AvgIpc) is 2.64. The molecule has 0 bridgehead atoms. The van der Waals surface area contributed by atoms with E-state index in [9.17, 15) is 10.2 Å². The first-order valence-corrected chi connectivity index (χ1v) is 4.59. The van der Waals surface area contributed by atoms with Gasteiger partial charge in [-0.05, 0) is 6.42 Å². The van der Waals surface area contributed by atoms with Crippen LogP contribution in [-0.4, -0.2) is 32.4 Å². The lowest BCUT2D eigenvalue weighted by Crippen LogP contribution is -2.19. The molecule has 0 aliphatic rings. The minimum Gasteiger partial charge on any atom is -0.390 e. The highest BCUT2D eigenvalue weighted by molar-refractivity contribution is 6.17. The molecule has 0 aliphatic heterocycles. The zero-order chi connectivity index (χ0) is 10.6. The Labute approximate surface area is 85.9 Å². The number of H-pyrrole nitrogens is 1. The quantitative estimate of drug-likeness (QED) is 0.630. The number of alkyl halides is 1. The molecule has 5 nitrogen and oxygen atoms in total. The number of hydrogen-bond acceptors (Lipinski definition) is 4. The van der Waals surface area contributed by atoms with Crippen LogP contribution in [0.3, 0.4) is 0 Å². The van der Waals surface area contributed by atoms with Gasteiger partial charge in [-0.15, -0.1) is 11.6 Å². The van der Waals surface area contributed by atoms with Crippen molar-refractivity contribution in [2.75, 3.05) is 5.88 Å². The Hall–Kier alpha value is -1.09. The number of hydrogen-bond donors (Lipinski definition) is 3. The zero-order valence-electron chi connectivity index (χ0n) is 7.31. The molecule has 2 unspecified atom stereocenters. The van der Waals surface area contributed by atoms with Crippen LogP contribution in [0.4, 0.5) is 0 Å². The fourth-order valence-electron chi connectivity index (χ4n) is 1.09. The van der Waals surface area contributed by atoms with Crippen LogP contribution in [0.25, 0.3) is 0 Å². The largest absolute Gasteiger partial charge is 0.390 e. The molecule has 0 saturated carbocycles. The van der Waals surface area contributed by atoms with Crippen LogP contribution in [0.1, 0.15) is 23.8 Å². The minimum absolute atomic E-state index is 0.158. The van der Waals surface area contributed by atoms with Gasteiger partial charge in [-0.25, -0.2) is 0 Å². The van der Waals surface area contributed by atoms with Gasteiger partial charge in [-0.3, -0.25) is 5.10 Å². The molecule has 0 aliphatic carbocycles. The van der Waals surface area contributed by atoms with Crippen LogP contribution < -0.4 is 0 Å². The highest BCUT2D eigenvalue weighted by Gasteiger charge is 2.21. The summed E-state index contributed by atoms with van der Waals surface area (Å²) >= 11 is 5.42. The lowest BCUT2D eigenvalue weighted by molar-refractivity contribution is 0.0168. The van der Waals surface area contributed by atoms with Gasteiger partial charge < -0.3 is 10.2 Å². The van der Waals surface area contributed by atoms with Gasteiger partial charge in [0.15, 0.2) is 0 Å². The fraction of sp³-hybridized carbons (Fsp3) is 0.500. The van der Waals surface area contributed by atoms with Crippen molar-refractivity contribution in [2.24, 2.45) is 0 Å². The van der Waals surface area contributed by atoms with Crippen molar-refractivity contribution in [1.29, 1.82) is 5.26 Å². The van der Waals surface area contributed by atoms with Crippen molar-refractivity contribution in [3.63, 3.8) is 0 Å². The Morgan fingerprint density at radius 2 is 2.36 bits per heavy atom. The van der Waals surface area contributed by atoms with Crippen molar-refractivity contribution in [3.8, 4) is 6.07 Å². The molecule has 1 heterocycles. The number of aliphatic hydroxyl groups is 2. The van der Waals surface area contributed by atoms with E-state index in [0.29, 0.717) is 5.56 Å². The van der Waals surface area contributed by atoms with Gasteiger partial charge in [0, 0.05) is 11.4 Å². The number of rotatable bonds is 4. The predicted molar refractivity (Wildman–Crippen MR) is 49.6 cm³/mol. The molecule has 2 atom stereocenters. The van der Waals surface area contributed by atoms with Gasteiger partial charge in [0.2, 0.25) is 0 Å². The first kappa shape index (κ1) is 11.0. The Bertz CT molecular complexity index is 334. The van der Waals surface area contributed by atoms with Crippen LogP contribution in [-0.2, 0) is 0 Å². The summed E-state index contributed by atoms with van der Waals surface area (Å²) in [7, 11) is 0. The monoisotopic (exact) mass is 215 g/mol. The maximum atomic E-state index is 9.60. The summed E-state index contributed by atoms with van der Waals surface area (Å²) in [6, 6.07) is 1.83. The summed E-state index contributed by atoms with van der Waals surface area (Å²) in [5.74, 6) is 0.248. The number of nitrogens with zero attached hydrogens (tertiary/aromatic N) is 2. The van der Waals surface area contributed by atoms with E-state index in [4.69, 9.17) is 16.9 Å². The summed E-state index contributed by atoms with van der Waals surface area (Å²) in [5, 5.41) is 33.7. The van der Waals surface area contributed by atoms with Crippen molar-refractivity contribution in [1.82, 2.24) is 10.2 Å². The third-order valence-corrected chi connectivity index (χ3v) is 2.09. The van der Waals surface area contributed by atoms with E-state index in [1.807, 2.05) is 6.07 Å². The minimum atomic E-state index is -1.12. The van der Waals surface area contributed by atoms with E-state index in [2.05, 4.69) is 10.2 Å². The highest BCUT2D eigenvalue weighted by Crippen LogP contribution is 2.20. The van der Waals surface area contributed by atoms with Gasteiger partial charge >= 0.3 is 0 Å². The summed E-state index contributed by atoms with van der Waals surface area (Å²) in [6.07, 6.45) is -0.515. The van der Waals surface area contributed by atoms with Crippen molar-refractivity contribution in [3.05, 3.63) is 17.5 Å². The van der Waals surface area contributed by atoms with E-state index in [-0.39, 0.29) is 18.0 Å². The molecule has 1 rings (SSSR count). The first-order valence-electron chi connectivity index (χ1n) is 4.06. The molecular weight excluding hydrogens is 206 g/mol. The third kappa shape index (κ3) is 2.23. The number of halogens is 1. The summed E-state index contributed by atoms with van der Waals surface area (Å²) in [5.41, 5.74) is 0.455. The van der Waals surface area contributed by atoms with Crippen LogP contribution in [0.2, 0.25) is 0 Å². The van der Waals surface area contributed by atoms with Gasteiger partial charge in [-0.2, -0.15) is 10.4 Å². The number of nitrogens with one attached hydrogen (secondary N) is 1. The van der Waals surface area contributed by atoms with E-state index in [0.717, 1.165) is 0 Å². The third-order valence-electron chi connectivity index (χ3n) is 1.87. The Morgan fingerprint density at radius 3 is 2.93 bits per heavy atom. The van der Waals surface area contributed by atoms with E-state index < -0.39 is 12.2 Å². The smallest absolute Gasteiger partial charge is 0.141 e. The SMILES string of the molecule is N#Cc1[nH]ncc1C(O)C(O)CCCl. The molecule has 0 fully saturated rings. The number of nitriles is 1. The van der Waals surface area contributed by atoms with Crippen LogP contribution in [0, 0.1) is 11.3 Å². The predicted octanol–water partition coefficient (Wildman–Crippen LogP) is 0.305. The summed E-state index contributed by atoms with van der Waals surface area (Å²) < 4.78 is 0. The van der Waals surface area contributed by atoms with Gasteiger partial charge in [0.1, 0.15) is 17.9 Å². The van der Waals surface area contributed by atoms with Gasteiger partial charge in [0.05, 0.1) is 12.3 Å². The molecule has 1 aromatic heterocycles. The lowest BCUT2D eigenvalue weighted by Gasteiger charge is -2.15. The fourth-order valence-corrected chi connectivity index (χ4v) is 1.31. The second kappa shape index (κ2) is 4.96. The molecule has 76 valence electrons. The Morgan fingerprint density at radius 1 is 1.64 bits per heavy atom. The molecule has 0 spiro atoms. The van der Waals surface area contributed by atoms with E-state index in [1.54, 1.807) is 0 Å². The van der Waals surface area contributed by atoms with Crippen LogP contribution in [0.5, 0.6) is 0 Å². The molecule has 0 amide bonds. The second-order valence-electron chi connectivity index (χ2n) is 2.80. The molecular formula is C8H10ClN3O2. The Balaban J connectivity index is 2.79. The highest BCUT2D eigenvalue weighted by atomic mass is 35.5. The van der Waals surface area contributed by atoms with Crippen molar-refractivity contribution < 1.29 is 10.2 Å². The van der Waals surface area contributed by atoms with Crippen molar-refractivity contribution >= 4 is 11.6 Å². The molecule has 3 N–H and O–H groups in total. The second-order valence-corrected chi connectivity index (χ2v) is 3.18. The number of aromatic amines is 1. The van der Waals surface area contributed by atoms with Gasteiger partial charge in [0.25, 0.3) is 0 Å². The summed E-state index contributed by atoms with van der Waals surface area (Å²) in [4.78, 5) is 0. The van der Waals surface area contributed by atoms with Crippen molar-refractivity contribution in [2.45, 2.75) is 18.6 Å². The standard InChI is InChI=1S/C8H10ClN3O2/c9-2-1-7(13)8(14)5-4-11-12-6(5)3-10/h4,7-8,13-14H,1-2H2,(H,11,12). The Kier molecular flexibility index (Phi) is 3.89. The first-order chi connectivity index (χ1) is 6.70. The molecule has 0 saturated heterocycles. The zero-order valence-corrected chi connectivity index (χ0v) is 8.07. The molecule has 14 heavy (non-hydrogen) atoms. The maximum absolute atomic E-state index is 9.60. The molecule has 0 radical (unpaired) electrons. The van der Waals surface area contributed by atoms with Crippen LogP contribution >= 0.6 is 11.6 Å². The molecule has 6 heteroatoms. The topological polar surface area (TPSA) is 92.9 Å².